The van der Waals surface area contributed by atoms with E-state index in [4.69, 9.17) is 9.52 Å². The van der Waals surface area contributed by atoms with E-state index in [0.29, 0.717) is 0 Å². The van der Waals surface area contributed by atoms with Gasteiger partial charge in [-0.05, 0) is 13.3 Å². The van der Waals surface area contributed by atoms with Gasteiger partial charge in [-0.25, -0.2) is 4.98 Å². The lowest BCUT2D eigenvalue weighted by Gasteiger charge is -2.27. The molecule has 1 saturated heterocycles. The number of carboxylic acid groups (broad SMARTS) is 1. The van der Waals surface area contributed by atoms with Crippen molar-refractivity contribution in [1.82, 2.24) is 9.88 Å². The minimum atomic E-state index is -4.93. The summed E-state index contributed by atoms with van der Waals surface area (Å²) in [5.41, 5.74) is -2.67. The summed E-state index contributed by atoms with van der Waals surface area (Å²) >= 11 is 0. The minimum absolute atomic E-state index is 0.173. The molecule has 0 aliphatic carbocycles. The lowest BCUT2D eigenvalue weighted by atomic mass is 9.86. The molecule has 0 aromatic carbocycles. The maximum atomic E-state index is 13.0. The number of carbonyl (C=O) groups is 2. The molecule has 2 heterocycles. The van der Waals surface area contributed by atoms with Gasteiger partial charge in [0.2, 0.25) is 5.76 Å². The fourth-order valence-electron chi connectivity index (χ4n) is 2.16. The second kappa shape index (κ2) is 4.50. The number of amides is 1. The van der Waals surface area contributed by atoms with Crippen LogP contribution >= 0.6 is 0 Å². The number of nitrogens with zero attached hydrogens (tertiary/aromatic N) is 2. The van der Waals surface area contributed by atoms with Crippen molar-refractivity contribution < 1.29 is 32.3 Å². The number of aliphatic carboxylic acids is 1. The summed E-state index contributed by atoms with van der Waals surface area (Å²) in [6.07, 6.45) is -4.60. The topological polar surface area (TPSA) is 83.6 Å². The third-order valence-corrected chi connectivity index (χ3v) is 3.45. The Morgan fingerprint density at radius 2 is 2.15 bits per heavy atom. The molecule has 6 nitrogen and oxygen atoms in total. The molecule has 1 atom stereocenters. The van der Waals surface area contributed by atoms with Crippen LogP contribution in [-0.4, -0.2) is 46.1 Å². The number of likely N-dealkylation sites (tertiary alicyclic amines) is 1. The highest BCUT2D eigenvalue weighted by molar-refractivity contribution is 5.93. The molecule has 0 radical (unpaired) electrons. The highest BCUT2D eigenvalue weighted by Crippen LogP contribution is 2.46. The lowest BCUT2D eigenvalue weighted by molar-refractivity contribution is -0.227. The Kier molecular flexibility index (Phi) is 3.23. The summed E-state index contributed by atoms with van der Waals surface area (Å²) in [5, 5.41) is 8.89. The number of hydrogen-bond acceptors (Lipinski definition) is 4. The van der Waals surface area contributed by atoms with Crippen LogP contribution < -0.4 is 0 Å². The van der Waals surface area contributed by atoms with Gasteiger partial charge >= 0.3 is 12.1 Å². The van der Waals surface area contributed by atoms with Gasteiger partial charge in [-0.3, -0.25) is 9.59 Å². The van der Waals surface area contributed by atoms with E-state index in [2.05, 4.69) is 4.98 Å². The summed E-state index contributed by atoms with van der Waals surface area (Å²) in [5.74, 6) is -2.93. The quantitative estimate of drug-likeness (QED) is 0.892. The molecule has 1 fully saturated rings. The molecule has 1 aliphatic heterocycles. The monoisotopic (exact) mass is 292 g/mol. The first-order chi connectivity index (χ1) is 9.19. The van der Waals surface area contributed by atoms with Crippen molar-refractivity contribution in [3.05, 3.63) is 17.8 Å². The molecular weight excluding hydrogens is 281 g/mol. The standard InChI is InChI=1S/C11H11F3N2O4/c1-6-7(20-5-15-6)8(17)16-3-2-10(4-16,9(18)19)11(12,13)14/h5H,2-4H2,1H3,(H,18,19). The number of carbonyl (C=O) groups excluding carboxylic acids is 1. The summed E-state index contributed by atoms with van der Waals surface area (Å²) in [6, 6.07) is 0. The Hall–Kier alpha value is -2.06. The van der Waals surface area contributed by atoms with Crippen LogP contribution in [0.5, 0.6) is 0 Å². The summed E-state index contributed by atoms with van der Waals surface area (Å²) < 4.78 is 43.7. The number of halogens is 3. The Bertz CT molecular complexity index is 554. The average Bonchev–Trinajstić information content (AvgIpc) is 2.93. The zero-order chi connectivity index (χ0) is 15.1. The molecule has 1 aromatic heterocycles. The second-order valence-electron chi connectivity index (χ2n) is 4.63. The van der Waals surface area contributed by atoms with E-state index < -0.39 is 36.4 Å². The van der Waals surface area contributed by atoms with Gasteiger partial charge in [0.05, 0.1) is 5.69 Å². The van der Waals surface area contributed by atoms with Crippen LogP contribution in [0.2, 0.25) is 0 Å². The molecular formula is C11H11F3N2O4. The second-order valence-corrected chi connectivity index (χ2v) is 4.63. The van der Waals surface area contributed by atoms with Crippen molar-refractivity contribution in [2.24, 2.45) is 5.41 Å². The minimum Gasteiger partial charge on any atom is -0.481 e. The molecule has 9 heteroatoms. The van der Waals surface area contributed by atoms with Crippen molar-refractivity contribution in [2.45, 2.75) is 19.5 Å². The van der Waals surface area contributed by atoms with Crippen LogP contribution in [0.4, 0.5) is 13.2 Å². The number of oxazole rings is 1. The van der Waals surface area contributed by atoms with Gasteiger partial charge in [-0.15, -0.1) is 0 Å². The molecule has 20 heavy (non-hydrogen) atoms. The maximum absolute atomic E-state index is 13.0. The van der Waals surface area contributed by atoms with E-state index in [0.717, 1.165) is 11.3 Å². The highest BCUT2D eigenvalue weighted by Gasteiger charge is 2.64. The van der Waals surface area contributed by atoms with Crippen molar-refractivity contribution in [3.8, 4) is 0 Å². The zero-order valence-corrected chi connectivity index (χ0v) is 10.4. The van der Waals surface area contributed by atoms with Gasteiger partial charge < -0.3 is 14.4 Å². The predicted octanol–water partition coefficient (Wildman–Crippen LogP) is 1.46. The Morgan fingerprint density at radius 1 is 1.50 bits per heavy atom. The molecule has 1 unspecified atom stereocenters. The summed E-state index contributed by atoms with van der Waals surface area (Å²) in [6.45, 7) is 0.247. The van der Waals surface area contributed by atoms with Gasteiger partial charge in [-0.2, -0.15) is 13.2 Å². The number of rotatable bonds is 2. The number of aromatic nitrogens is 1. The first-order valence-corrected chi connectivity index (χ1v) is 5.68. The molecule has 1 amide bonds. The number of aryl methyl sites for hydroxylation is 1. The Morgan fingerprint density at radius 3 is 2.55 bits per heavy atom. The van der Waals surface area contributed by atoms with Gasteiger partial charge in [0.25, 0.3) is 5.91 Å². The van der Waals surface area contributed by atoms with Gasteiger partial charge in [-0.1, -0.05) is 0 Å². The van der Waals surface area contributed by atoms with Crippen LogP contribution in [0.1, 0.15) is 22.7 Å². The molecule has 1 aliphatic rings. The van der Waals surface area contributed by atoms with Crippen LogP contribution in [0.15, 0.2) is 10.8 Å². The average molecular weight is 292 g/mol. The van der Waals surface area contributed by atoms with Crippen molar-refractivity contribution in [2.75, 3.05) is 13.1 Å². The first-order valence-electron chi connectivity index (χ1n) is 5.68. The molecule has 0 saturated carbocycles. The lowest BCUT2D eigenvalue weighted by Crippen LogP contribution is -2.47. The fourth-order valence-corrected chi connectivity index (χ4v) is 2.16. The van der Waals surface area contributed by atoms with Crippen molar-refractivity contribution in [3.63, 3.8) is 0 Å². The zero-order valence-electron chi connectivity index (χ0n) is 10.4. The molecule has 1 aromatic rings. The van der Waals surface area contributed by atoms with E-state index in [1.54, 1.807) is 0 Å². The van der Waals surface area contributed by atoms with E-state index in [1.807, 2.05) is 0 Å². The van der Waals surface area contributed by atoms with Crippen LogP contribution in [0.3, 0.4) is 0 Å². The number of carboxylic acids is 1. The van der Waals surface area contributed by atoms with E-state index in [-0.39, 0.29) is 18.0 Å². The van der Waals surface area contributed by atoms with Crippen molar-refractivity contribution >= 4 is 11.9 Å². The van der Waals surface area contributed by atoms with E-state index >= 15 is 0 Å². The summed E-state index contributed by atoms with van der Waals surface area (Å²) in [4.78, 5) is 27.5. The number of hydrogen-bond donors (Lipinski definition) is 1. The van der Waals surface area contributed by atoms with Crippen molar-refractivity contribution in [1.29, 1.82) is 0 Å². The third kappa shape index (κ3) is 2.02. The molecule has 0 spiro atoms. The van der Waals surface area contributed by atoms with Crippen LogP contribution in [-0.2, 0) is 4.79 Å². The van der Waals surface area contributed by atoms with Gasteiger partial charge in [0.15, 0.2) is 11.8 Å². The van der Waals surface area contributed by atoms with E-state index in [1.165, 1.54) is 6.92 Å². The molecule has 1 N–H and O–H groups in total. The predicted molar refractivity (Wildman–Crippen MR) is 57.9 cm³/mol. The molecule has 110 valence electrons. The normalized spacial score (nSPS) is 23.1. The fraction of sp³-hybridized carbons (Fsp3) is 0.545. The van der Waals surface area contributed by atoms with Gasteiger partial charge in [0.1, 0.15) is 0 Å². The third-order valence-electron chi connectivity index (χ3n) is 3.45. The highest BCUT2D eigenvalue weighted by atomic mass is 19.4. The van der Waals surface area contributed by atoms with Crippen LogP contribution in [0, 0.1) is 12.3 Å². The largest absolute Gasteiger partial charge is 0.481 e. The Balaban J connectivity index is 2.26. The smallest absolute Gasteiger partial charge is 0.406 e. The SMILES string of the molecule is Cc1ncoc1C(=O)N1CCC(C(=O)O)(C(F)(F)F)C1. The van der Waals surface area contributed by atoms with E-state index in [9.17, 15) is 22.8 Å². The first kappa shape index (κ1) is 14.4. The summed E-state index contributed by atoms with van der Waals surface area (Å²) in [7, 11) is 0. The maximum Gasteiger partial charge on any atom is 0.406 e. The van der Waals surface area contributed by atoms with Gasteiger partial charge in [0, 0.05) is 13.1 Å². The number of alkyl halides is 3. The Labute approximate surface area is 111 Å². The molecule has 0 bridgehead atoms. The van der Waals surface area contributed by atoms with Crippen LogP contribution in [0.25, 0.3) is 0 Å². The molecule has 2 rings (SSSR count).